The van der Waals surface area contributed by atoms with Gasteiger partial charge in [0.25, 0.3) is 5.91 Å². The quantitative estimate of drug-likeness (QED) is 0.656. The predicted octanol–water partition coefficient (Wildman–Crippen LogP) is 1.70. The van der Waals surface area contributed by atoms with Gasteiger partial charge in [-0.2, -0.15) is 0 Å². The summed E-state index contributed by atoms with van der Waals surface area (Å²) in [5.41, 5.74) is 0.697. The van der Waals surface area contributed by atoms with Crippen LogP contribution in [0.5, 0.6) is 0 Å². The molecule has 0 spiro atoms. The van der Waals surface area contributed by atoms with Gasteiger partial charge in [0, 0.05) is 28.4 Å². The zero-order chi connectivity index (χ0) is 12.8. The molecule has 5 nitrogen and oxygen atoms in total. The monoisotopic (exact) mass is 356 g/mol. The van der Waals surface area contributed by atoms with Crippen molar-refractivity contribution >= 4 is 28.5 Å². The molecular weight excluding hydrogens is 343 g/mol. The summed E-state index contributed by atoms with van der Waals surface area (Å²) in [5.74, 6) is -0.0351. The first kappa shape index (κ1) is 13.0. The fraction of sp³-hybridized carbons (Fsp3) is 0.250. The zero-order valence-electron chi connectivity index (χ0n) is 9.71. The summed E-state index contributed by atoms with van der Waals surface area (Å²) in [6, 6.07) is 7.52. The van der Waals surface area contributed by atoms with Crippen LogP contribution in [-0.4, -0.2) is 27.4 Å². The van der Waals surface area contributed by atoms with Gasteiger partial charge >= 0.3 is 0 Å². The van der Waals surface area contributed by atoms with E-state index in [9.17, 15) is 4.79 Å². The van der Waals surface area contributed by atoms with Crippen molar-refractivity contribution in [3.63, 3.8) is 0 Å². The minimum Gasteiger partial charge on any atom is -0.352 e. The Kier molecular flexibility index (Phi) is 4.68. The number of halogens is 1. The van der Waals surface area contributed by atoms with Crippen LogP contribution in [0.15, 0.2) is 36.7 Å². The number of nitrogens with one attached hydrogen (secondary N) is 1. The number of carbonyl (C=O) groups is 1. The maximum Gasteiger partial charge on any atom is 0.251 e. The van der Waals surface area contributed by atoms with Gasteiger partial charge in [-0.05, 0) is 47.2 Å². The molecule has 0 radical (unpaired) electrons. The molecule has 0 bridgehead atoms. The van der Waals surface area contributed by atoms with E-state index >= 15 is 0 Å². The van der Waals surface area contributed by atoms with Crippen LogP contribution in [0.3, 0.4) is 0 Å². The highest BCUT2D eigenvalue weighted by molar-refractivity contribution is 14.1. The van der Waals surface area contributed by atoms with Gasteiger partial charge in [0.1, 0.15) is 0 Å². The number of aromatic nitrogens is 3. The summed E-state index contributed by atoms with van der Waals surface area (Å²) in [5, 5.41) is 10.5. The summed E-state index contributed by atoms with van der Waals surface area (Å²) >= 11 is 2.19. The number of carbonyl (C=O) groups excluding carboxylic acids is 1. The van der Waals surface area contributed by atoms with Gasteiger partial charge < -0.3 is 5.32 Å². The first-order valence-electron chi connectivity index (χ1n) is 5.63. The third-order valence-electron chi connectivity index (χ3n) is 2.41. The summed E-state index contributed by atoms with van der Waals surface area (Å²) in [6.45, 7) is 1.39. The van der Waals surface area contributed by atoms with Crippen molar-refractivity contribution < 1.29 is 4.79 Å². The molecule has 0 atom stereocenters. The Morgan fingerprint density at radius 2 is 2.33 bits per heavy atom. The Morgan fingerprint density at radius 3 is 3.06 bits per heavy atom. The van der Waals surface area contributed by atoms with E-state index in [1.54, 1.807) is 17.1 Å². The normalized spacial score (nSPS) is 10.3. The third-order valence-corrected chi connectivity index (χ3v) is 3.08. The van der Waals surface area contributed by atoms with Crippen LogP contribution in [0.2, 0.25) is 0 Å². The smallest absolute Gasteiger partial charge is 0.251 e. The zero-order valence-corrected chi connectivity index (χ0v) is 11.9. The van der Waals surface area contributed by atoms with Gasteiger partial charge in [0.15, 0.2) is 0 Å². The van der Waals surface area contributed by atoms with Crippen molar-refractivity contribution in [3.8, 4) is 0 Å². The van der Waals surface area contributed by atoms with Crippen LogP contribution in [0.25, 0.3) is 0 Å². The van der Waals surface area contributed by atoms with Crippen LogP contribution < -0.4 is 5.32 Å². The summed E-state index contributed by atoms with van der Waals surface area (Å²) in [7, 11) is 0. The molecule has 6 heteroatoms. The van der Waals surface area contributed by atoms with E-state index in [0.29, 0.717) is 12.1 Å². The molecule has 1 aromatic heterocycles. The van der Waals surface area contributed by atoms with Crippen LogP contribution in [0, 0.1) is 3.57 Å². The third kappa shape index (κ3) is 3.80. The molecule has 1 heterocycles. The van der Waals surface area contributed by atoms with Crippen LogP contribution in [-0.2, 0) is 6.54 Å². The topological polar surface area (TPSA) is 59.8 Å². The number of nitrogens with zero attached hydrogens (tertiary/aromatic N) is 3. The van der Waals surface area contributed by atoms with Crippen molar-refractivity contribution in [1.82, 2.24) is 20.3 Å². The number of benzene rings is 1. The highest BCUT2D eigenvalue weighted by Crippen LogP contribution is 2.07. The Bertz CT molecular complexity index is 513. The second kappa shape index (κ2) is 6.48. The van der Waals surface area contributed by atoms with E-state index in [2.05, 4.69) is 38.2 Å². The molecule has 2 rings (SSSR count). The Balaban J connectivity index is 1.75. The SMILES string of the molecule is O=C(NCCCn1ccnn1)c1cccc(I)c1. The van der Waals surface area contributed by atoms with Crippen LogP contribution in [0.1, 0.15) is 16.8 Å². The number of hydrogen-bond donors (Lipinski definition) is 1. The van der Waals surface area contributed by atoms with E-state index in [1.807, 2.05) is 24.3 Å². The molecule has 0 unspecified atom stereocenters. The van der Waals surface area contributed by atoms with Crippen molar-refractivity contribution in [3.05, 3.63) is 45.8 Å². The average Bonchev–Trinajstić information content (AvgIpc) is 2.87. The fourth-order valence-electron chi connectivity index (χ4n) is 1.53. The Hall–Kier alpha value is -1.44. The minimum atomic E-state index is -0.0351. The van der Waals surface area contributed by atoms with Crippen molar-refractivity contribution in [2.24, 2.45) is 0 Å². The Morgan fingerprint density at radius 1 is 1.44 bits per heavy atom. The van der Waals surface area contributed by atoms with E-state index in [1.165, 1.54) is 0 Å². The molecule has 0 aliphatic rings. The molecular formula is C12H13IN4O. The molecule has 94 valence electrons. The predicted molar refractivity (Wildman–Crippen MR) is 76.1 cm³/mol. The lowest BCUT2D eigenvalue weighted by Crippen LogP contribution is -2.25. The van der Waals surface area contributed by atoms with Gasteiger partial charge in [-0.3, -0.25) is 9.48 Å². The molecule has 1 aromatic carbocycles. The minimum absolute atomic E-state index is 0.0351. The largest absolute Gasteiger partial charge is 0.352 e. The van der Waals surface area contributed by atoms with Crippen LogP contribution in [0.4, 0.5) is 0 Å². The summed E-state index contributed by atoms with van der Waals surface area (Å²) in [6.07, 6.45) is 4.28. The lowest BCUT2D eigenvalue weighted by molar-refractivity contribution is 0.0952. The standard InChI is InChI=1S/C12H13IN4O/c13-11-4-1-3-10(9-11)12(18)14-5-2-7-17-8-6-15-16-17/h1,3-4,6,8-9H,2,5,7H2,(H,14,18). The molecule has 18 heavy (non-hydrogen) atoms. The van der Waals surface area contributed by atoms with Gasteiger partial charge in [-0.25, -0.2) is 0 Å². The molecule has 0 fully saturated rings. The average molecular weight is 356 g/mol. The van der Waals surface area contributed by atoms with E-state index in [0.717, 1.165) is 16.5 Å². The van der Waals surface area contributed by atoms with Crippen molar-refractivity contribution in [2.45, 2.75) is 13.0 Å². The van der Waals surface area contributed by atoms with Crippen LogP contribution >= 0.6 is 22.6 Å². The molecule has 0 saturated carbocycles. The maximum atomic E-state index is 11.8. The van der Waals surface area contributed by atoms with E-state index in [4.69, 9.17) is 0 Å². The van der Waals surface area contributed by atoms with Gasteiger partial charge in [0.2, 0.25) is 0 Å². The molecule has 0 aliphatic carbocycles. The van der Waals surface area contributed by atoms with Gasteiger partial charge in [-0.1, -0.05) is 11.3 Å². The summed E-state index contributed by atoms with van der Waals surface area (Å²) in [4.78, 5) is 11.8. The lowest BCUT2D eigenvalue weighted by Gasteiger charge is -2.05. The first-order chi connectivity index (χ1) is 8.75. The Labute approximate surface area is 119 Å². The maximum absolute atomic E-state index is 11.8. The van der Waals surface area contributed by atoms with Crippen molar-refractivity contribution in [2.75, 3.05) is 6.54 Å². The highest BCUT2D eigenvalue weighted by Gasteiger charge is 2.04. The molecule has 2 aromatic rings. The van der Waals surface area contributed by atoms with Gasteiger partial charge in [0.05, 0.1) is 6.20 Å². The summed E-state index contributed by atoms with van der Waals surface area (Å²) < 4.78 is 2.81. The number of rotatable bonds is 5. The fourth-order valence-corrected chi connectivity index (χ4v) is 2.07. The van der Waals surface area contributed by atoms with Crippen molar-refractivity contribution in [1.29, 1.82) is 0 Å². The molecule has 1 amide bonds. The molecule has 0 saturated heterocycles. The number of aryl methyl sites for hydroxylation is 1. The second-order valence-corrected chi connectivity index (χ2v) is 5.03. The molecule has 1 N–H and O–H groups in total. The first-order valence-corrected chi connectivity index (χ1v) is 6.71. The lowest BCUT2D eigenvalue weighted by atomic mass is 10.2. The highest BCUT2D eigenvalue weighted by atomic mass is 127. The van der Waals surface area contributed by atoms with E-state index in [-0.39, 0.29) is 5.91 Å². The molecule has 0 aliphatic heterocycles. The van der Waals surface area contributed by atoms with Gasteiger partial charge in [-0.15, -0.1) is 5.10 Å². The number of amides is 1. The second-order valence-electron chi connectivity index (χ2n) is 3.79. The van der Waals surface area contributed by atoms with E-state index < -0.39 is 0 Å². The number of hydrogen-bond acceptors (Lipinski definition) is 3.